The molecule has 22 heavy (non-hydrogen) atoms. The molecule has 0 saturated heterocycles. The van der Waals surface area contributed by atoms with Crippen molar-refractivity contribution in [1.29, 1.82) is 0 Å². The van der Waals surface area contributed by atoms with Gasteiger partial charge in [0.15, 0.2) is 5.75 Å². The molecule has 126 valence electrons. The van der Waals surface area contributed by atoms with Gasteiger partial charge in [-0.25, -0.2) is 13.2 Å². The summed E-state index contributed by atoms with van der Waals surface area (Å²) in [6.45, 7) is -0.295. The summed E-state index contributed by atoms with van der Waals surface area (Å²) in [5.41, 5.74) is 0. The summed E-state index contributed by atoms with van der Waals surface area (Å²) < 4.78 is 79.5. The largest absolute Gasteiger partial charge is 0.497 e. The normalized spacial score (nSPS) is 11.8. The van der Waals surface area contributed by atoms with E-state index in [1.807, 2.05) is 0 Å². The lowest BCUT2D eigenvalue weighted by atomic mass is 10.2. The zero-order valence-electron chi connectivity index (χ0n) is 11.9. The van der Waals surface area contributed by atoms with Crippen LogP contribution in [0.3, 0.4) is 0 Å². The molecule has 1 N–H and O–H groups in total. The van der Waals surface area contributed by atoms with E-state index in [9.17, 15) is 26.7 Å². The maximum absolute atomic E-state index is 13.3. The van der Waals surface area contributed by atoms with Crippen LogP contribution in [0.15, 0.2) is 0 Å². The van der Waals surface area contributed by atoms with Crippen LogP contribution in [0.5, 0.6) is 5.75 Å². The molecule has 0 aliphatic rings. The Balaban J connectivity index is 2.60. The Morgan fingerprint density at radius 1 is 0.818 bits per heavy atom. The molecule has 0 aliphatic carbocycles. The van der Waals surface area contributed by atoms with Crippen molar-refractivity contribution in [3.8, 4) is 5.75 Å². The van der Waals surface area contributed by atoms with Crippen molar-refractivity contribution in [3.05, 3.63) is 29.1 Å². The monoisotopic (exact) mass is 346 g/mol. The van der Waals surface area contributed by atoms with Crippen molar-refractivity contribution < 1.29 is 40.3 Å². The van der Waals surface area contributed by atoms with Gasteiger partial charge in [0.25, 0.3) is 0 Å². The summed E-state index contributed by atoms with van der Waals surface area (Å²) in [7, 11) is -0.689. The molecule has 0 heterocycles. The summed E-state index contributed by atoms with van der Waals surface area (Å²) in [5.74, 6) is -11.7. The van der Waals surface area contributed by atoms with Gasteiger partial charge < -0.3 is 18.4 Å². The van der Waals surface area contributed by atoms with Crippen molar-refractivity contribution in [2.24, 2.45) is 0 Å². The second-order valence-corrected chi connectivity index (χ2v) is 7.07. The number of ether oxygens (including phenoxy) is 1. The lowest BCUT2D eigenvalue weighted by Crippen LogP contribution is -2.40. The van der Waals surface area contributed by atoms with E-state index in [2.05, 4.69) is 4.74 Å². The average Bonchev–Trinajstić information content (AvgIpc) is 2.53. The minimum absolute atomic E-state index is 0.167. The van der Waals surface area contributed by atoms with Crippen LogP contribution >= 0.6 is 0 Å². The zero-order valence-corrected chi connectivity index (χ0v) is 12.9. The number of unbranched alkanes of at least 4 members (excludes halogenated alkanes) is 1. The molecule has 0 aliphatic heterocycles. The van der Waals surface area contributed by atoms with E-state index >= 15 is 0 Å². The Bertz CT molecular complexity index is 496. The summed E-state index contributed by atoms with van der Waals surface area (Å²) in [5, 5.41) is 0. The van der Waals surface area contributed by atoms with Crippen LogP contribution in [0.1, 0.15) is 12.8 Å². The first-order chi connectivity index (χ1) is 10.3. The lowest BCUT2D eigenvalue weighted by molar-refractivity contribution is 0.149. The molecule has 10 heteroatoms. The van der Waals surface area contributed by atoms with Crippen molar-refractivity contribution >= 4 is 8.80 Å². The molecular weight excluding hydrogens is 331 g/mol. The molecule has 1 rings (SSSR count). The Morgan fingerprint density at radius 2 is 1.27 bits per heavy atom. The lowest BCUT2D eigenvalue weighted by Gasteiger charge is -2.19. The van der Waals surface area contributed by atoms with E-state index in [0.29, 0.717) is 6.42 Å². The Morgan fingerprint density at radius 3 is 1.73 bits per heavy atom. The van der Waals surface area contributed by atoms with Gasteiger partial charge in [-0.1, -0.05) is 0 Å². The maximum Gasteiger partial charge on any atom is 0.497 e. The standard InChI is InChI=1S/C12H15F5O4Si/c1-19-22(18,20-2)6-4-3-5-21-12-10(16)8(14)7(13)9(15)11(12)17/h18H,3-6H2,1-2H3. The predicted molar refractivity (Wildman–Crippen MR) is 67.8 cm³/mol. The van der Waals surface area contributed by atoms with E-state index in [-0.39, 0.29) is 19.1 Å². The SMILES string of the molecule is CO[Si](O)(CCCCOc1c(F)c(F)c(F)c(F)c1F)OC. The van der Waals surface area contributed by atoms with Crippen molar-refractivity contribution in [3.63, 3.8) is 0 Å². The van der Waals surface area contributed by atoms with Crippen LogP contribution in [0.2, 0.25) is 6.04 Å². The fourth-order valence-corrected chi connectivity index (χ4v) is 2.90. The molecule has 0 unspecified atom stereocenters. The second-order valence-electron chi connectivity index (χ2n) is 4.33. The van der Waals surface area contributed by atoms with Crippen molar-refractivity contribution in [2.75, 3.05) is 20.8 Å². The minimum Gasteiger partial charge on any atom is -0.487 e. The summed E-state index contributed by atoms with van der Waals surface area (Å²) in [4.78, 5) is 9.73. The number of hydrogen-bond acceptors (Lipinski definition) is 4. The Kier molecular flexibility index (Phi) is 6.72. The first-order valence-corrected chi connectivity index (χ1v) is 8.21. The highest BCUT2D eigenvalue weighted by molar-refractivity contribution is 6.59. The second kappa shape index (κ2) is 7.86. The number of hydrogen-bond donors (Lipinski definition) is 1. The molecule has 0 atom stereocenters. The molecule has 0 amide bonds. The maximum atomic E-state index is 13.3. The van der Waals surface area contributed by atoms with Gasteiger partial charge in [0, 0.05) is 20.3 Å². The van der Waals surface area contributed by atoms with E-state index in [1.54, 1.807) is 0 Å². The molecule has 0 bridgehead atoms. The minimum atomic E-state index is -3.25. The number of rotatable bonds is 8. The van der Waals surface area contributed by atoms with Crippen molar-refractivity contribution in [2.45, 2.75) is 18.9 Å². The highest BCUT2D eigenvalue weighted by Gasteiger charge is 2.33. The molecule has 1 aromatic carbocycles. The first-order valence-electron chi connectivity index (χ1n) is 6.24. The highest BCUT2D eigenvalue weighted by Crippen LogP contribution is 2.29. The van der Waals surface area contributed by atoms with Gasteiger partial charge in [0.05, 0.1) is 6.61 Å². The van der Waals surface area contributed by atoms with Crippen molar-refractivity contribution in [1.82, 2.24) is 0 Å². The third kappa shape index (κ3) is 4.15. The first kappa shape index (κ1) is 18.8. The molecule has 0 saturated carbocycles. The molecule has 4 nitrogen and oxygen atoms in total. The molecule has 0 spiro atoms. The van der Waals surface area contributed by atoms with Gasteiger partial charge in [-0.2, -0.15) is 8.78 Å². The van der Waals surface area contributed by atoms with Gasteiger partial charge in [0.1, 0.15) is 0 Å². The quantitative estimate of drug-likeness (QED) is 0.259. The molecular formula is C12H15F5O4Si. The number of halogens is 5. The van der Waals surface area contributed by atoms with E-state index < -0.39 is 43.6 Å². The van der Waals surface area contributed by atoms with Crippen LogP contribution < -0.4 is 4.74 Å². The van der Waals surface area contributed by atoms with Gasteiger partial charge in [-0.05, 0) is 12.8 Å². The van der Waals surface area contributed by atoms with Crippen LogP contribution in [0, 0.1) is 29.1 Å². The highest BCUT2D eigenvalue weighted by atomic mass is 28.4. The Labute approximate surface area is 124 Å². The third-order valence-electron chi connectivity index (χ3n) is 2.94. The molecule has 1 aromatic rings. The van der Waals surface area contributed by atoms with E-state index in [4.69, 9.17) is 8.85 Å². The molecule has 0 aromatic heterocycles. The van der Waals surface area contributed by atoms with Crippen LogP contribution in [0.4, 0.5) is 22.0 Å². The molecule has 0 fully saturated rings. The van der Waals surface area contributed by atoms with Crippen LogP contribution in [-0.2, 0) is 8.85 Å². The van der Waals surface area contributed by atoms with Gasteiger partial charge in [0.2, 0.25) is 29.1 Å². The average molecular weight is 346 g/mol. The predicted octanol–water partition coefficient (Wildman–Crippen LogP) is 2.77. The Hall–Kier alpha value is -1.23. The van der Waals surface area contributed by atoms with E-state index in [1.165, 1.54) is 14.2 Å². The zero-order chi connectivity index (χ0) is 16.9. The fraction of sp³-hybridized carbons (Fsp3) is 0.500. The summed E-state index contributed by atoms with van der Waals surface area (Å²) in [6, 6.07) is 0.167. The van der Waals surface area contributed by atoms with Gasteiger partial charge in [-0.15, -0.1) is 0 Å². The summed E-state index contributed by atoms with van der Waals surface area (Å²) >= 11 is 0. The van der Waals surface area contributed by atoms with Crippen LogP contribution in [0.25, 0.3) is 0 Å². The summed E-state index contributed by atoms with van der Waals surface area (Å²) in [6.07, 6.45) is 0.515. The smallest absolute Gasteiger partial charge is 0.487 e. The molecule has 0 radical (unpaired) electrons. The van der Waals surface area contributed by atoms with Crippen LogP contribution in [-0.4, -0.2) is 34.4 Å². The third-order valence-corrected chi connectivity index (χ3v) is 5.20. The van der Waals surface area contributed by atoms with E-state index in [0.717, 1.165) is 0 Å². The fourth-order valence-electron chi connectivity index (χ4n) is 1.62. The number of benzene rings is 1. The van der Waals surface area contributed by atoms with Gasteiger partial charge in [-0.3, -0.25) is 0 Å². The van der Waals surface area contributed by atoms with Gasteiger partial charge >= 0.3 is 8.80 Å². The topological polar surface area (TPSA) is 47.9 Å².